The second-order valence-electron chi connectivity index (χ2n) is 8.94. The van der Waals surface area contributed by atoms with Gasteiger partial charge in [-0.3, -0.25) is 14.1 Å². The molecule has 5 rings (SSSR count). The van der Waals surface area contributed by atoms with E-state index in [-0.39, 0.29) is 5.88 Å². The maximum Gasteiger partial charge on any atom is 0.152 e. The number of likely N-dealkylation sites (tertiary alicyclic amines) is 1. The molecule has 184 valence electrons. The number of pyridine rings is 2. The van der Waals surface area contributed by atoms with Gasteiger partial charge in [0.25, 0.3) is 0 Å². The van der Waals surface area contributed by atoms with Crippen LogP contribution in [-0.2, 0) is 29.0 Å². The van der Waals surface area contributed by atoms with E-state index in [4.69, 9.17) is 15.5 Å². The Bertz CT molecular complexity index is 1350. The standard InChI is InChI=1S/C25H30N6O3S/c1-2-34-15-22-29-23-24(31(22)14-17-7-10-30(11-8-17)16-35(32)33)20-6-5-18(12-21(20)28-25(23)26)19-4-3-9-27-13-19/h3-6,9,12-13,17H,2,7-8,10-11,14-16H2,1H3,(H2,26,28)(H,32,33)/p-1. The van der Waals surface area contributed by atoms with E-state index >= 15 is 0 Å². The van der Waals surface area contributed by atoms with Gasteiger partial charge in [-0.05, 0) is 67.5 Å². The molecule has 1 fully saturated rings. The quantitative estimate of drug-likeness (QED) is 0.371. The third kappa shape index (κ3) is 5.06. The van der Waals surface area contributed by atoms with Gasteiger partial charge in [0.1, 0.15) is 17.9 Å². The molecule has 1 aliphatic heterocycles. The number of nitrogens with zero attached hydrogens (tertiary/aromatic N) is 5. The summed E-state index contributed by atoms with van der Waals surface area (Å²) in [5, 5.41) is 0.997. The second kappa shape index (κ2) is 10.4. The predicted octanol–water partition coefficient (Wildman–Crippen LogP) is 3.31. The van der Waals surface area contributed by atoms with E-state index in [1.54, 1.807) is 6.20 Å². The van der Waals surface area contributed by atoms with Gasteiger partial charge in [0.15, 0.2) is 5.82 Å². The fourth-order valence-corrected chi connectivity index (χ4v) is 5.43. The highest BCUT2D eigenvalue weighted by atomic mass is 32.2. The molecule has 3 aromatic heterocycles. The summed E-state index contributed by atoms with van der Waals surface area (Å²) in [6.45, 7) is 5.27. The topological polar surface area (TPSA) is 122 Å². The van der Waals surface area contributed by atoms with Gasteiger partial charge in [0.05, 0.1) is 16.9 Å². The number of nitrogens with two attached hydrogens (primary N) is 1. The third-order valence-electron chi connectivity index (χ3n) is 6.65. The summed E-state index contributed by atoms with van der Waals surface area (Å²) in [6.07, 6.45) is 5.44. The fraction of sp³-hybridized carbons (Fsp3) is 0.400. The van der Waals surface area contributed by atoms with Gasteiger partial charge in [-0.2, -0.15) is 0 Å². The smallest absolute Gasteiger partial charge is 0.152 e. The van der Waals surface area contributed by atoms with Gasteiger partial charge >= 0.3 is 0 Å². The van der Waals surface area contributed by atoms with Crippen LogP contribution in [0.15, 0.2) is 42.7 Å². The molecule has 1 saturated heterocycles. The van der Waals surface area contributed by atoms with Crippen LogP contribution in [0.4, 0.5) is 5.82 Å². The molecule has 1 unspecified atom stereocenters. The van der Waals surface area contributed by atoms with Crippen molar-refractivity contribution >= 4 is 38.8 Å². The van der Waals surface area contributed by atoms with Crippen molar-refractivity contribution in [1.29, 1.82) is 0 Å². The molecule has 9 nitrogen and oxygen atoms in total. The zero-order valence-electron chi connectivity index (χ0n) is 19.7. The highest BCUT2D eigenvalue weighted by molar-refractivity contribution is 7.79. The number of fused-ring (bicyclic) bond motifs is 3. The van der Waals surface area contributed by atoms with E-state index in [0.29, 0.717) is 30.5 Å². The molecule has 0 amide bonds. The molecule has 0 spiro atoms. The van der Waals surface area contributed by atoms with E-state index in [1.807, 2.05) is 36.2 Å². The van der Waals surface area contributed by atoms with E-state index in [2.05, 4.69) is 26.7 Å². The van der Waals surface area contributed by atoms with Crippen molar-refractivity contribution in [3.05, 3.63) is 48.5 Å². The van der Waals surface area contributed by atoms with Gasteiger partial charge in [0, 0.05) is 36.5 Å². The average Bonchev–Trinajstić information content (AvgIpc) is 3.22. The van der Waals surface area contributed by atoms with E-state index < -0.39 is 11.1 Å². The Morgan fingerprint density at radius 2 is 2.03 bits per heavy atom. The van der Waals surface area contributed by atoms with Crippen molar-refractivity contribution in [2.75, 3.05) is 31.3 Å². The lowest BCUT2D eigenvalue weighted by Crippen LogP contribution is -2.37. The molecule has 0 aliphatic carbocycles. The van der Waals surface area contributed by atoms with Crippen LogP contribution in [0.2, 0.25) is 0 Å². The number of hydrogen-bond donors (Lipinski definition) is 1. The van der Waals surface area contributed by atoms with Gasteiger partial charge in [-0.1, -0.05) is 18.2 Å². The molecule has 35 heavy (non-hydrogen) atoms. The Hall–Kier alpha value is -2.92. The molecule has 0 radical (unpaired) electrons. The number of piperidine rings is 1. The number of aromatic nitrogens is 4. The Kier molecular flexibility index (Phi) is 7.05. The zero-order chi connectivity index (χ0) is 24.4. The van der Waals surface area contributed by atoms with Crippen LogP contribution in [0.3, 0.4) is 0 Å². The Balaban J connectivity index is 1.54. The van der Waals surface area contributed by atoms with Gasteiger partial charge in [-0.25, -0.2) is 9.97 Å². The molecule has 0 bridgehead atoms. The summed E-state index contributed by atoms with van der Waals surface area (Å²) >= 11 is -2.05. The molecule has 1 atom stereocenters. The number of ether oxygens (including phenoxy) is 1. The van der Waals surface area contributed by atoms with Crippen LogP contribution in [0.1, 0.15) is 25.6 Å². The zero-order valence-corrected chi connectivity index (χ0v) is 20.5. The van der Waals surface area contributed by atoms with Crippen molar-refractivity contribution in [2.24, 2.45) is 5.92 Å². The average molecular weight is 494 g/mol. The van der Waals surface area contributed by atoms with Crippen molar-refractivity contribution in [3.8, 4) is 11.1 Å². The first-order valence-corrected chi connectivity index (χ1v) is 13.1. The van der Waals surface area contributed by atoms with Crippen LogP contribution in [0.25, 0.3) is 33.1 Å². The van der Waals surface area contributed by atoms with Crippen LogP contribution in [0, 0.1) is 5.92 Å². The summed E-state index contributed by atoms with van der Waals surface area (Å²) in [6, 6.07) is 10.1. The number of imidazole rings is 1. The Morgan fingerprint density at radius 1 is 1.20 bits per heavy atom. The lowest BCUT2D eigenvalue weighted by atomic mass is 9.97. The lowest BCUT2D eigenvalue weighted by molar-refractivity contribution is 0.123. The third-order valence-corrected chi connectivity index (χ3v) is 7.23. The van der Waals surface area contributed by atoms with Gasteiger partial charge in [0.2, 0.25) is 0 Å². The summed E-state index contributed by atoms with van der Waals surface area (Å²) in [7, 11) is 0. The van der Waals surface area contributed by atoms with Crippen LogP contribution < -0.4 is 5.73 Å². The number of nitrogen functional groups attached to an aromatic ring is 1. The Labute approximate surface area is 206 Å². The largest absolute Gasteiger partial charge is 0.771 e. The molecule has 1 aromatic carbocycles. The molecule has 10 heteroatoms. The molecule has 1 aliphatic rings. The number of rotatable bonds is 8. The normalized spacial score (nSPS) is 16.3. The second-order valence-corrected chi connectivity index (χ2v) is 9.80. The summed E-state index contributed by atoms with van der Waals surface area (Å²) < 4.78 is 30.1. The van der Waals surface area contributed by atoms with Gasteiger partial charge < -0.3 is 19.6 Å². The van der Waals surface area contributed by atoms with Crippen molar-refractivity contribution in [2.45, 2.75) is 32.9 Å². The minimum Gasteiger partial charge on any atom is -0.771 e. The minimum atomic E-state index is -2.05. The highest BCUT2D eigenvalue weighted by Crippen LogP contribution is 2.33. The van der Waals surface area contributed by atoms with E-state index in [0.717, 1.165) is 65.8 Å². The van der Waals surface area contributed by atoms with Gasteiger partial charge in [-0.15, -0.1) is 0 Å². The van der Waals surface area contributed by atoms with Crippen LogP contribution in [-0.4, -0.2) is 58.8 Å². The van der Waals surface area contributed by atoms with Crippen molar-refractivity contribution in [3.63, 3.8) is 0 Å². The maximum atomic E-state index is 11.1. The maximum absolute atomic E-state index is 11.1. The first-order valence-electron chi connectivity index (χ1n) is 11.9. The predicted molar refractivity (Wildman–Crippen MR) is 136 cm³/mol. The van der Waals surface area contributed by atoms with E-state index in [1.165, 1.54) is 0 Å². The van der Waals surface area contributed by atoms with Crippen molar-refractivity contribution < 1.29 is 13.5 Å². The molecule has 4 heterocycles. The monoisotopic (exact) mass is 493 g/mol. The summed E-state index contributed by atoms with van der Waals surface area (Å²) in [5.74, 6) is 1.74. The lowest BCUT2D eigenvalue weighted by Gasteiger charge is -2.32. The molecular formula is C25H29N6O3S-. The van der Waals surface area contributed by atoms with Crippen LogP contribution >= 0.6 is 0 Å². The minimum absolute atomic E-state index is 0.0996. The highest BCUT2D eigenvalue weighted by Gasteiger charge is 2.24. The summed E-state index contributed by atoms with van der Waals surface area (Å²) in [4.78, 5) is 15.8. The molecule has 2 N–H and O–H groups in total. The summed E-state index contributed by atoms with van der Waals surface area (Å²) in [5.41, 5.74) is 10.9. The number of benzene rings is 1. The first kappa shape index (κ1) is 23.8. The number of anilines is 1. The Morgan fingerprint density at radius 3 is 2.74 bits per heavy atom. The molecular weight excluding hydrogens is 464 g/mol. The fourth-order valence-electron chi connectivity index (χ4n) is 4.88. The molecule has 4 aromatic rings. The SMILES string of the molecule is CCOCc1nc2c(N)nc3cc(-c4cccnc4)ccc3c2n1CC1CCN(CS(=O)[O-])CC1. The van der Waals surface area contributed by atoms with Crippen LogP contribution in [0.5, 0.6) is 0 Å². The number of hydrogen-bond acceptors (Lipinski definition) is 8. The molecule has 0 saturated carbocycles. The first-order chi connectivity index (χ1) is 17.0. The van der Waals surface area contributed by atoms with E-state index in [9.17, 15) is 8.76 Å². The van der Waals surface area contributed by atoms with Crippen molar-refractivity contribution in [1.82, 2.24) is 24.4 Å².